The first kappa shape index (κ1) is 16.9. The van der Waals surface area contributed by atoms with E-state index in [1.807, 2.05) is 0 Å². The predicted molar refractivity (Wildman–Crippen MR) is 75.3 cm³/mol. The maximum atomic E-state index is 9.51. The van der Waals surface area contributed by atoms with Gasteiger partial charge in [0.05, 0.1) is 0 Å². The lowest BCUT2D eigenvalue weighted by Crippen LogP contribution is -2.42. The third kappa shape index (κ3) is 7.74. The lowest BCUT2D eigenvalue weighted by atomic mass is 9.87. The minimum atomic E-state index is 0.0429. The Morgan fingerprint density at radius 3 is 2.12 bits per heavy atom. The molecule has 0 radical (unpaired) electrons. The van der Waals surface area contributed by atoms with Gasteiger partial charge in [-0.25, -0.2) is 0 Å². The van der Waals surface area contributed by atoms with Gasteiger partial charge >= 0.3 is 0 Å². The van der Waals surface area contributed by atoms with E-state index in [2.05, 4.69) is 51.6 Å². The molecule has 0 bridgehead atoms. The van der Waals surface area contributed by atoms with Crippen molar-refractivity contribution in [3.05, 3.63) is 0 Å². The Morgan fingerprint density at radius 1 is 1.18 bits per heavy atom. The van der Waals surface area contributed by atoms with Gasteiger partial charge in [-0.1, -0.05) is 27.7 Å². The van der Waals surface area contributed by atoms with Gasteiger partial charge in [0.25, 0.3) is 0 Å². The third-order valence-corrected chi connectivity index (χ3v) is 3.33. The van der Waals surface area contributed by atoms with E-state index in [4.69, 9.17) is 0 Å². The highest BCUT2D eigenvalue weighted by atomic mass is 16.3. The normalized spacial score (nSPS) is 15.9. The van der Waals surface area contributed by atoms with Gasteiger partial charge < -0.3 is 14.9 Å². The molecule has 0 spiro atoms. The molecule has 0 aromatic heterocycles. The van der Waals surface area contributed by atoms with Crippen LogP contribution in [0.2, 0.25) is 0 Å². The molecule has 0 aliphatic carbocycles. The van der Waals surface area contributed by atoms with E-state index in [1.54, 1.807) is 0 Å². The zero-order valence-corrected chi connectivity index (χ0v) is 12.7. The van der Waals surface area contributed by atoms with Crippen molar-refractivity contribution in [2.24, 2.45) is 11.3 Å². The van der Waals surface area contributed by atoms with Crippen molar-refractivity contribution in [2.75, 3.05) is 46.9 Å². The highest BCUT2D eigenvalue weighted by molar-refractivity contribution is 4.77. The van der Waals surface area contributed by atoms with Crippen molar-refractivity contribution in [3.8, 4) is 0 Å². The molecule has 0 aromatic carbocycles. The largest absolute Gasteiger partial charge is 0.396 e. The number of nitrogens with zero attached hydrogens (tertiary/aromatic N) is 2. The lowest BCUT2D eigenvalue weighted by Gasteiger charge is -2.35. The fraction of sp³-hybridized carbons (Fsp3) is 1.00. The van der Waals surface area contributed by atoms with Crippen LogP contribution in [-0.4, -0.2) is 61.8 Å². The quantitative estimate of drug-likeness (QED) is 0.671. The molecule has 1 unspecified atom stereocenters. The molecular formula is C14H32N2O. The predicted octanol–water partition coefficient (Wildman–Crippen LogP) is 1.91. The molecule has 0 aliphatic heterocycles. The van der Waals surface area contributed by atoms with Gasteiger partial charge in [0.1, 0.15) is 0 Å². The SMILES string of the molecule is CCC(C)(CO)CN(CCN(C)C)CC(C)C. The standard InChI is InChI=1S/C14H32N2O/c1-7-14(4,12-17)11-16(10-13(2)3)9-8-15(5)6/h13,17H,7-12H2,1-6H3. The van der Waals surface area contributed by atoms with Gasteiger partial charge in [-0.05, 0) is 26.4 Å². The molecule has 3 nitrogen and oxygen atoms in total. The van der Waals surface area contributed by atoms with Gasteiger partial charge in [0, 0.05) is 38.2 Å². The fourth-order valence-corrected chi connectivity index (χ4v) is 1.91. The summed E-state index contributed by atoms with van der Waals surface area (Å²) in [5, 5.41) is 9.51. The summed E-state index contributed by atoms with van der Waals surface area (Å²) in [5.74, 6) is 0.678. The van der Waals surface area contributed by atoms with E-state index in [0.717, 1.165) is 32.6 Å². The van der Waals surface area contributed by atoms with Gasteiger partial charge in [-0.2, -0.15) is 0 Å². The van der Waals surface area contributed by atoms with Crippen LogP contribution in [-0.2, 0) is 0 Å². The van der Waals surface area contributed by atoms with E-state index >= 15 is 0 Å². The second-order valence-corrected chi connectivity index (χ2v) is 6.25. The topological polar surface area (TPSA) is 26.7 Å². The monoisotopic (exact) mass is 244 g/mol. The average molecular weight is 244 g/mol. The molecule has 17 heavy (non-hydrogen) atoms. The number of aliphatic hydroxyl groups excluding tert-OH is 1. The second-order valence-electron chi connectivity index (χ2n) is 6.25. The van der Waals surface area contributed by atoms with Crippen LogP contribution < -0.4 is 0 Å². The Balaban J connectivity index is 4.35. The van der Waals surface area contributed by atoms with E-state index < -0.39 is 0 Å². The van der Waals surface area contributed by atoms with Gasteiger partial charge in [0.15, 0.2) is 0 Å². The summed E-state index contributed by atoms with van der Waals surface area (Å²) in [7, 11) is 4.22. The summed E-state index contributed by atoms with van der Waals surface area (Å²) in [6.45, 7) is 13.4. The van der Waals surface area contributed by atoms with Crippen molar-refractivity contribution in [3.63, 3.8) is 0 Å². The van der Waals surface area contributed by atoms with E-state index in [1.165, 1.54) is 0 Å². The third-order valence-electron chi connectivity index (χ3n) is 3.33. The Morgan fingerprint density at radius 2 is 1.76 bits per heavy atom. The Bertz CT molecular complexity index is 189. The average Bonchev–Trinajstić information content (AvgIpc) is 2.25. The Hall–Kier alpha value is -0.120. The van der Waals surface area contributed by atoms with Gasteiger partial charge in [0.2, 0.25) is 0 Å². The van der Waals surface area contributed by atoms with Crippen LogP contribution in [0.3, 0.4) is 0 Å². The zero-order chi connectivity index (χ0) is 13.5. The zero-order valence-electron chi connectivity index (χ0n) is 12.7. The Labute approximate surface area is 108 Å². The molecule has 0 saturated carbocycles. The Kier molecular flexibility index (Phi) is 8.01. The van der Waals surface area contributed by atoms with Crippen LogP contribution in [0.1, 0.15) is 34.1 Å². The number of likely N-dealkylation sites (N-methyl/N-ethyl adjacent to an activating group) is 1. The first-order valence-electron chi connectivity index (χ1n) is 6.81. The summed E-state index contributed by atoms with van der Waals surface area (Å²) in [5.41, 5.74) is 0.0429. The molecule has 0 aromatic rings. The summed E-state index contributed by atoms with van der Waals surface area (Å²) < 4.78 is 0. The van der Waals surface area contributed by atoms with E-state index in [-0.39, 0.29) is 12.0 Å². The van der Waals surface area contributed by atoms with E-state index in [0.29, 0.717) is 5.92 Å². The molecular weight excluding hydrogens is 212 g/mol. The van der Waals surface area contributed by atoms with Crippen LogP contribution in [0.5, 0.6) is 0 Å². The van der Waals surface area contributed by atoms with Crippen molar-refractivity contribution in [1.82, 2.24) is 9.80 Å². The number of rotatable bonds is 9. The van der Waals surface area contributed by atoms with Crippen LogP contribution in [0.15, 0.2) is 0 Å². The number of aliphatic hydroxyl groups is 1. The van der Waals surface area contributed by atoms with Crippen LogP contribution in [0.4, 0.5) is 0 Å². The summed E-state index contributed by atoms with van der Waals surface area (Å²) in [6, 6.07) is 0. The lowest BCUT2D eigenvalue weighted by molar-refractivity contribution is 0.0757. The minimum absolute atomic E-state index is 0.0429. The molecule has 3 heteroatoms. The van der Waals surface area contributed by atoms with Crippen molar-refractivity contribution in [1.29, 1.82) is 0 Å². The number of hydrogen-bond donors (Lipinski definition) is 1. The van der Waals surface area contributed by atoms with Crippen molar-refractivity contribution < 1.29 is 5.11 Å². The van der Waals surface area contributed by atoms with Crippen LogP contribution in [0, 0.1) is 11.3 Å². The van der Waals surface area contributed by atoms with Gasteiger partial charge in [-0.3, -0.25) is 0 Å². The van der Waals surface area contributed by atoms with Crippen molar-refractivity contribution >= 4 is 0 Å². The minimum Gasteiger partial charge on any atom is -0.396 e. The highest BCUT2D eigenvalue weighted by Gasteiger charge is 2.24. The molecule has 104 valence electrons. The summed E-state index contributed by atoms with van der Waals surface area (Å²) in [6.07, 6.45) is 1.03. The summed E-state index contributed by atoms with van der Waals surface area (Å²) in [4.78, 5) is 4.71. The summed E-state index contributed by atoms with van der Waals surface area (Å²) >= 11 is 0. The van der Waals surface area contributed by atoms with Crippen molar-refractivity contribution in [2.45, 2.75) is 34.1 Å². The first-order chi connectivity index (χ1) is 7.83. The smallest absolute Gasteiger partial charge is 0.0496 e. The molecule has 1 atom stereocenters. The van der Waals surface area contributed by atoms with Crippen LogP contribution >= 0.6 is 0 Å². The number of hydrogen-bond acceptors (Lipinski definition) is 3. The maximum Gasteiger partial charge on any atom is 0.0496 e. The fourth-order valence-electron chi connectivity index (χ4n) is 1.91. The molecule has 0 amide bonds. The second kappa shape index (κ2) is 8.06. The molecule has 0 aliphatic rings. The molecule has 1 N–H and O–H groups in total. The molecule has 0 fully saturated rings. The first-order valence-corrected chi connectivity index (χ1v) is 6.81. The molecule has 0 heterocycles. The highest BCUT2D eigenvalue weighted by Crippen LogP contribution is 2.22. The maximum absolute atomic E-state index is 9.51. The van der Waals surface area contributed by atoms with Gasteiger partial charge in [-0.15, -0.1) is 0 Å². The molecule has 0 rings (SSSR count). The van der Waals surface area contributed by atoms with Crippen LogP contribution in [0.25, 0.3) is 0 Å². The van der Waals surface area contributed by atoms with E-state index in [9.17, 15) is 5.11 Å². The molecule has 0 saturated heterocycles.